The molecule has 0 spiro atoms. The summed E-state index contributed by atoms with van der Waals surface area (Å²) in [5, 5.41) is 0. The molecule has 0 radical (unpaired) electrons. The third-order valence-corrected chi connectivity index (χ3v) is 6.96. The largest absolute Gasteiger partial charge is 0.484 e. The summed E-state index contributed by atoms with van der Waals surface area (Å²) < 4.78 is 80.8. The highest BCUT2D eigenvalue weighted by Crippen LogP contribution is 2.40. The number of fused-ring (bicyclic) bond motifs is 2. The molecule has 0 unspecified atom stereocenters. The molecule has 3 atom stereocenters. The van der Waals surface area contributed by atoms with Gasteiger partial charge in [0.15, 0.2) is 6.61 Å². The second-order valence-electron chi connectivity index (χ2n) is 9.11. The van der Waals surface area contributed by atoms with Crippen molar-refractivity contribution in [3.63, 3.8) is 0 Å². The fourth-order valence-electron chi connectivity index (χ4n) is 5.04. The van der Waals surface area contributed by atoms with Gasteiger partial charge in [-0.2, -0.15) is 26.3 Å². The standard InChI is InChI=1S/C24H25F6N3O2/c1-13-14(2)20(35-12-23(25,26)27)6-5-19(13)15(3)32-10-18-8-17(32)11-33(18)22(34)16-4-7-21(31-9-16)24(28,29)30/h4-7,9,15,17-18H,8,10-12H2,1-3H3/t15-,17-,18-/m0/s1. The lowest BCUT2D eigenvalue weighted by Gasteiger charge is -2.38. The van der Waals surface area contributed by atoms with Crippen LogP contribution in [0.4, 0.5) is 26.3 Å². The van der Waals surface area contributed by atoms with Crippen molar-refractivity contribution in [2.75, 3.05) is 19.7 Å². The molecule has 2 aliphatic rings. The Morgan fingerprint density at radius 3 is 2.31 bits per heavy atom. The molecule has 2 aromatic rings. The Morgan fingerprint density at radius 1 is 1.06 bits per heavy atom. The maximum absolute atomic E-state index is 12.9. The monoisotopic (exact) mass is 501 g/mol. The van der Waals surface area contributed by atoms with Gasteiger partial charge in [0.2, 0.25) is 0 Å². The predicted molar refractivity (Wildman–Crippen MR) is 115 cm³/mol. The Kier molecular flexibility index (Phi) is 6.50. The number of alkyl halides is 6. The van der Waals surface area contributed by atoms with Gasteiger partial charge in [-0.1, -0.05) is 6.07 Å². The van der Waals surface area contributed by atoms with Crippen LogP contribution in [0.15, 0.2) is 30.5 Å². The zero-order valence-electron chi connectivity index (χ0n) is 19.4. The number of aromatic nitrogens is 1. The second kappa shape index (κ2) is 9.00. The second-order valence-corrected chi connectivity index (χ2v) is 9.11. The van der Waals surface area contributed by atoms with Crippen molar-refractivity contribution >= 4 is 5.91 Å². The number of ether oxygens (including phenoxy) is 1. The number of rotatable bonds is 5. The smallest absolute Gasteiger partial charge is 0.433 e. The van der Waals surface area contributed by atoms with Crippen molar-refractivity contribution < 1.29 is 35.9 Å². The summed E-state index contributed by atoms with van der Waals surface area (Å²) in [5.74, 6) is -0.148. The van der Waals surface area contributed by atoms with E-state index in [0.29, 0.717) is 18.7 Å². The van der Waals surface area contributed by atoms with E-state index in [1.54, 1.807) is 24.0 Å². The summed E-state index contributed by atoms with van der Waals surface area (Å²) in [6.07, 6.45) is -7.27. The molecule has 190 valence electrons. The minimum atomic E-state index is -4.57. The van der Waals surface area contributed by atoms with E-state index in [2.05, 4.69) is 9.88 Å². The lowest BCUT2D eigenvalue weighted by Crippen LogP contribution is -2.49. The van der Waals surface area contributed by atoms with Gasteiger partial charge in [0.1, 0.15) is 11.4 Å². The Bertz CT molecular complexity index is 1100. The van der Waals surface area contributed by atoms with Crippen LogP contribution in [0.5, 0.6) is 5.75 Å². The van der Waals surface area contributed by atoms with E-state index in [1.807, 2.05) is 13.8 Å². The van der Waals surface area contributed by atoms with Crippen LogP contribution in [0, 0.1) is 13.8 Å². The highest BCUT2D eigenvalue weighted by molar-refractivity contribution is 5.94. The number of amides is 1. The third kappa shape index (κ3) is 5.10. The molecule has 1 aromatic heterocycles. The molecular formula is C24H25F6N3O2. The fourth-order valence-corrected chi connectivity index (χ4v) is 5.04. The van der Waals surface area contributed by atoms with Crippen molar-refractivity contribution in [3.05, 3.63) is 58.4 Å². The molecule has 4 rings (SSSR count). The van der Waals surface area contributed by atoms with Gasteiger partial charge in [0.25, 0.3) is 5.91 Å². The zero-order valence-corrected chi connectivity index (χ0v) is 19.4. The van der Waals surface area contributed by atoms with Gasteiger partial charge in [0, 0.05) is 37.4 Å². The van der Waals surface area contributed by atoms with Crippen LogP contribution in [-0.4, -0.2) is 58.6 Å². The van der Waals surface area contributed by atoms with Crippen LogP contribution < -0.4 is 4.74 Å². The van der Waals surface area contributed by atoms with Crippen LogP contribution >= 0.6 is 0 Å². The maximum atomic E-state index is 12.9. The van der Waals surface area contributed by atoms with Gasteiger partial charge in [-0.25, -0.2) is 0 Å². The number of halogens is 6. The van der Waals surface area contributed by atoms with Crippen molar-refractivity contribution in [2.24, 2.45) is 0 Å². The average molecular weight is 501 g/mol. The number of benzene rings is 1. The fraction of sp³-hybridized carbons (Fsp3) is 0.500. The number of carbonyl (C=O) groups is 1. The van der Waals surface area contributed by atoms with E-state index < -0.39 is 24.7 Å². The lowest BCUT2D eigenvalue weighted by atomic mass is 9.96. The number of hydrogen-bond acceptors (Lipinski definition) is 4. The van der Waals surface area contributed by atoms with E-state index in [0.717, 1.165) is 35.9 Å². The Balaban J connectivity index is 1.43. The quantitative estimate of drug-likeness (QED) is 0.521. The average Bonchev–Trinajstić information content (AvgIpc) is 3.39. The Hall–Kier alpha value is -2.82. The van der Waals surface area contributed by atoms with Crippen LogP contribution in [-0.2, 0) is 6.18 Å². The number of nitrogens with zero attached hydrogens (tertiary/aromatic N) is 3. The molecule has 35 heavy (non-hydrogen) atoms. The van der Waals surface area contributed by atoms with Crippen LogP contribution in [0.2, 0.25) is 0 Å². The Morgan fingerprint density at radius 2 is 1.77 bits per heavy atom. The highest BCUT2D eigenvalue weighted by Gasteiger charge is 2.47. The molecule has 3 heterocycles. The number of carbonyl (C=O) groups excluding carboxylic acids is 1. The van der Waals surface area contributed by atoms with Crippen molar-refractivity contribution in [1.82, 2.24) is 14.8 Å². The van der Waals surface area contributed by atoms with E-state index in [1.165, 1.54) is 0 Å². The molecule has 0 saturated carbocycles. The summed E-state index contributed by atoms with van der Waals surface area (Å²) in [7, 11) is 0. The van der Waals surface area contributed by atoms with Crippen molar-refractivity contribution in [1.29, 1.82) is 0 Å². The Labute approximate surface area is 198 Å². The molecule has 0 aliphatic carbocycles. The highest BCUT2D eigenvalue weighted by atomic mass is 19.4. The van der Waals surface area contributed by atoms with Crippen molar-refractivity contribution in [3.8, 4) is 5.75 Å². The summed E-state index contributed by atoms with van der Waals surface area (Å²) in [4.78, 5) is 20.2. The van der Waals surface area contributed by atoms with Gasteiger partial charge in [-0.05, 0) is 62.1 Å². The van der Waals surface area contributed by atoms with E-state index in [4.69, 9.17) is 4.74 Å². The number of hydrogen-bond donors (Lipinski definition) is 0. The molecule has 5 nitrogen and oxygen atoms in total. The lowest BCUT2D eigenvalue weighted by molar-refractivity contribution is -0.153. The molecular weight excluding hydrogens is 476 g/mol. The van der Waals surface area contributed by atoms with E-state index in [-0.39, 0.29) is 35.3 Å². The first-order chi connectivity index (χ1) is 16.3. The molecule has 2 bridgehead atoms. The normalized spacial score (nSPS) is 21.5. The SMILES string of the molecule is Cc1c(OCC(F)(F)F)ccc([C@H](C)N2C[C@@H]3C[C@H]2CN3C(=O)c2ccc(C(F)(F)F)nc2)c1C. The first-order valence-corrected chi connectivity index (χ1v) is 11.2. The summed E-state index contributed by atoms with van der Waals surface area (Å²) >= 11 is 0. The molecule has 2 fully saturated rings. The van der Waals surface area contributed by atoms with Gasteiger partial charge in [-0.3, -0.25) is 14.7 Å². The zero-order chi connectivity index (χ0) is 25.7. The van der Waals surface area contributed by atoms with E-state index in [9.17, 15) is 31.1 Å². The van der Waals surface area contributed by atoms with Crippen LogP contribution in [0.1, 0.15) is 52.1 Å². The predicted octanol–water partition coefficient (Wildman–Crippen LogP) is 5.32. The van der Waals surface area contributed by atoms with Gasteiger partial charge in [0.05, 0.1) is 5.56 Å². The van der Waals surface area contributed by atoms with Gasteiger partial charge >= 0.3 is 12.4 Å². The first-order valence-electron chi connectivity index (χ1n) is 11.2. The molecule has 2 aliphatic heterocycles. The molecule has 2 saturated heterocycles. The molecule has 1 aromatic carbocycles. The van der Waals surface area contributed by atoms with Crippen molar-refractivity contribution in [2.45, 2.75) is 57.7 Å². The number of piperazine rings is 1. The minimum absolute atomic E-state index is 0.0367. The first kappa shape index (κ1) is 25.3. The van der Waals surface area contributed by atoms with Gasteiger partial charge in [-0.15, -0.1) is 0 Å². The summed E-state index contributed by atoms with van der Waals surface area (Å²) in [6.45, 7) is 5.28. The summed E-state index contributed by atoms with van der Waals surface area (Å²) in [5.41, 5.74) is 1.54. The third-order valence-electron chi connectivity index (χ3n) is 6.96. The minimum Gasteiger partial charge on any atom is -0.484 e. The van der Waals surface area contributed by atoms with Gasteiger partial charge < -0.3 is 9.64 Å². The number of pyridine rings is 1. The molecule has 0 N–H and O–H groups in total. The molecule has 1 amide bonds. The summed E-state index contributed by atoms with van der Waals surface area (Å²) in [6, 6.07) is 5.26. The van der Waals surface area contributed by atoms with Crippen LogP contribution in [0.25, 0.3) is 0 Å². The van der Waals surface area contributed by atoms with Crippen LogP contribution in [0.3, 0.4) is 0 Å². The maximum Gasteiger partial charge on any atom is 0.433 e. The number of likely N-dealkylation sites (tertiary alicyclic amines) is 2. The van der Waals surface area contributed by atoms with E-state index >= 15 is 0 Å². The topological polar surface area (TPSA) is 45.7 Å². The molecule has 11 heteroatoms.